The van der Waals surface area contributed by atoms with Crippen LogP contribution in [-0.2, 0) is 16.1 Å². The number of likely N-dealkylation sites (tertiary alicyclic amines) is 1. The van der Waals surface area contributed by atoms with Gasteiger partial charge in [0, 0.05) is 5.56 Å². The van der Waals surface area contributed by atoms with Crippen LogP contribution in [0.4, 0.5) is 0 Å². The molecule has 138 valence electrons. The molecule has 0 spiro atoms. The van der Waals surface area contributed by atoms with E-state index in [2.05, 4.69) is 15.1 Å². The van der Waals surface area contributed by atoms with Crippen LogP contribution >= 0.6 is 0 Å². The van der Waals surface area contributed by atoms with Gasteiger partial charge in [0.15, 0.2) is 11.5 Å². The highest BCUT2D eigenvalue weighted by atomic mass is 16.7. The molecule has 26 heavy (non-hydrogen) atoms. The number of rotatable bonds is 5. The van der Waals surface area contributed by atoms with Crippen molar-refractivity contribution in [3.8, 4) is 23.0 Å². The molecule has 0 radical (unpaired) electrons. The smallest absolute Gasteiger partial charge is 0.309 e. The maximum absolute atomic E-state index is 11.8. The van der Waals surface area contributed by atoms with E-state index in [-0.39, 0.29) is 18.7 Å². The Kier molecular flexibility index (Phi) is 4.75. The van der Waals surface area contributed by atoms with Crippen molar-refractivity contribution >= 4 is 5.97 Å². The van der Waals surface area contributed by atoms with Gasteiger partial charge in [0.25, 0.3) is 0 Å². The van der Waals surface area contributed by atoms with E-state index >= 15 is 0 Å². The lowest BCUT2D eigenvalue weighted by atomic mass is 9.97. The normalized spacial score (nSPS) is 17.4. The highest BCUT2D eigenvalue weighted by Crippen LogP contribution is 2.35. The molecule has 8 nitrogen and oxygen atoms in total. The van der Waals surface area contributed by atoms with Crippen molar-refractivity contribution in [3.63, 3.8) is 0 Å². The molecule has 0 N–H and O–H groups in total. The number of carbonyl (C=O) groups excluding carboxylic acids is 1. The zero-order valence-electron chi connectivity index (χ0n) is 14.6. The van der Waals surface area contributed by atoms with Crippen molar-refractivity contribution in [3.05, 3.63) is 24.1 Å². The zero-order chi connectivity index (χ0) is 17.9. The third-order valence-electron chi connectivity index (χ3n) is 4.65. The molecule has 4 rings (SSSR count). The van der Waals surface area contributed by atoms with Gasteiger partial charge in [0.2, 0.25) is 18.6 Å². The average Bonchev–Trinajstić information content (AvgIpc) is 3.31. The quantitative estimate of drug-likeness (QED) is 0.751. The molecule has 1 saturated heterocycles. The Balaban J connectivity index is 1.35. The van der Waals surface area contributed by atoms with Crippen LogP contribution in [0.1, 0.15) is 25.7 Å². The summed E-state index contributed by atoms with van der Waals surface area (Å²) in [5.41, 5.74) is 0.800. The first kappa shape index (κ1) is 16.8. The van der Waals surface area contributed by atoms with Crippen LogP contribution in [0.2, 0.25) is 0 Å². The standard InChI is InChI=1S/C18H21N3O5/c1-2-23-18(22)12-5-7-21(8-6-12)10-16-19-20-17(26-16)13-3-4-14-15(9-13)25-11-24-14/h3-4,9,12H,2,5-8,10-11H2,1H3. The fraction of sp³-hybridized carbons (Fsp3) is 0.500. The van der Waals surface area contributed by atoms with Crippen molar-refractivity contribution in [2.24, 2.45) is 5.92 Å². The number of hydrogen-bond donors (Lipinski definition) is 0. The summed E-state index contributed by atoms with van der Waals surface area (Å²) >= 11 is 0. The molecule has 0 unspecified atom stereocenters. The Hall–Kier alpha value is -2.61. The Bertz CT molecular complexity index is 783. The molecule has 1 aromatic carbocycles. The van der Waals surface area contributed by atoms with Crippen LogP contribution in [0.5, 0.6) is 11.5 Å². The molecule has 3 heterocycles. The van der Waals surface area contributed by atoms with Crippen LogP contribution in [0.15, 0.2) is 22.6 Å². The number of ether oxygens (including phenoxy) is 3. The molecule has 8 heteroatoms. The highest BCUT2D eigenvalue weighted by Gasteiger charge is 2.27. The van der Waals surface area contributed by atoms with E-state index in [0.29, 0.717) is 30.7 Å². The minimum atomic E-state index is -0.0879. The fourth-order valence-corrected chi connectivity index (χ4v) is 3.24. The van der Waals surface area contributed by atoms with Crippen molar-refractivity contribution in [1.82, 2.24) is 15.1 Å². The van der Waals surface area contributed by atoms with Gasteiger partial charge >= 0.3 is 5.97 Å². The molecule has 0 bridgehead atoms. The Morgan fingerprint density at radius 3 is 2.85 bits per heavy atom. The molecule has 2 aliphatic heterocycles. The molecule has 0 atom stereocenters. The predicted octanol–water partition coefficient (Wildman–Crippen LogP) is 2.24. The first-order chi connectivity index (χ1) is 12.7. The molecule has 1 aromatic heterocycles. The number of benzene rings is 1. The van der Waals surface area contributed by atoms with Gasteiger partial charge < -0.3 is 18.6 Å². The molecule has 2 aliphatic rings. The maximum Gasteiger partial charge on any atom is 0.309 e. The number of esters is 1. The largest absolute Gasteiger partial charge is 0.466 e. The Morgan fingerprint density at radius 1 is 1.23 bits per heavy atom. The summed E-state index contributed by atoms with van der Waals surface area (Å²) in [7, 11) is 0. The van der Waals surface area contributed by atoms with Crippen molar-refractivity contribution < 1.29 is 23.4 Å². The molecule has 0 saturated carbocycles. The van der Waals surface area contributed by atoms with Crippen LogP contribution < -0.4 is 9.47 Å². The molecule has 1 fully saturated rings. The maximum atomic E-state index is 11.8. The molecule has 2 aromatic rings. The van der Waals surface area contributed by atoms with Gasteiger partial charge in [-0.25, -0.2) is 0 Å². The van der Waals surface area contributed by atoms with E-state index in [1.165, 1.54) is 0 Å². The van der Waals surface area contributed by atoms with E-state index in [9.17, 15) is 4.79 Å². The molecule has 0 aliphatic carbocycles. The number of aromatic nitrogens is 2. The summed E-state index contributed by atoms with van der Waals surface area (Å²) < 4.78 is 21.6. The Morgan fingerprint density at radius 2 is 2.04 bits per heavy atom. The van der Waals surface area contributed by atoms with Crippen molar-refractivity contribution in [2.45, 2.75) is 26.3 Å². The summed E-state index contributed by atoms with van der Waals surface area (Å²) in [5.74, 6) is 2.33. The summed E-state index contributed by atoms with van der Waals surface area (Å²) in [6.07, 6.45) is 1.59. The number of nitrogens with zero attached hydrogens (tertiary/aromatic N) is 3. The first-order valence-corrected chi connectivity index (χ1v) is 8.84. The van der Waals surface area contributed by atoms with E-state index in [1.54, 1.807) is 0 Å². The molecule has 0 amide bonds. The fourth-order valence-electron chi connectivity index (χ4n) is 3.24. The number of fused-ring (bicyclic) bond motifs is 1. The number of hydrogen-bond acceptors (Lipinski definition) is 8. The van der Waals surface area contributed by atoms with Crippen LogP contribution in [0.25, 0.3) is 11.5 Å². The van der Waals surface area contributed by atoms with E-state index in [4.69, 9.17) is 18.6 Å². The SMILES string of the molecule is CCOC(=O)C1CCN(Cc2nnc(-c3ccc4c(c3)OCO4)o2)CC1. The lowest BCUT2D eigenvalue weighted by Gasteiger charge is -2.29. The highest BCUT2D eigenvalue weighted by molar-refractivity contribution is 5.72. The minimum absolute atomic E-state index is 0.00178. The van der Waals surface area contributed by atoms with Gasteiger partial charge in [-0.1, -0.05) is 0 Å². The van der Waals surface area contributed by atoms with Crippen LogP contribution in [0.3, 0.4) is 0 Å². The van der Waals surface area contributed by atoms with Gasteiger partial charge in [-0.2, -0.15) is 0 Å². The van der Waals surface area contributed by atoms with Crippen molar-refractivity contribution in [1.29, 1.82) is 0 Å². The van der Waals surface area contributed by atoms with Crippen molar-refractivity contribution in [2.75, 3.05) is 26.5 Å². The third kappa shape index (κ3) is 3.50. The van der Waals surface area contributed by atoms with Gasteiger partial charge in [-0.05, 0) is 51.1 Å². The predicted molar refractivity (Wildman–Crippen MR) is 90.5 cm³/mol. The summed E-state index contributed by atoms with van der Waals surface area (Å²) in [4.78, 5) is 14.0. The molecular formula is C18H21N3O5. The lowest BCUT2D eigenvalue weighted by Crippen LogP contribution is -2.36. The monoisotopic (exact) mass is 359 g/mol. The van der Waals surface area contributed by atoms with E-state index in [0.717, 1.165) is 37.2 Å². The topological polar surface area (TPSA) is 86.9 Å². The first-order valence-electron chi connectivity index (χ1n) is 8.84. The summed E-state index contributed by atoms with van der Waals surface area (Å²) in [5, 5.41) is 8.27. The molecular weight excluding hydrogens is 338 g/mol. The van der Waals surface area contributed by atoms with Crippen LogP contribution in [-0.4, -0.2) is 47.6 Å². The number of piperidine rings is 1. The van der Waals surface area contributed by atoms with Gasteiger partial charge in [0.05, 0.1) is 19.1 Å². The summed E-state index contributed by atoms with van der Waals surface area (Å²) in [6, 6.07) is 5.54. The average molecular weight is 359 g/mol. The Labute approximate surface area is 151 Å². The minimum Gasteiger partial charge on any atom is -0.466 e. The second-order valence-corrected chi connectivity index (χ2v) is 6.37. The van der Waals surface area contributed by atoms with E-state index in [1.807, 2.05) is 25.1 Å². The number of carbonyl (C=O) groups is 1. The van der Waals surface area contributed by atoms with Gasteiger partial charge in [-0.3, -0.25) is 9.69 Å². The zero-order valence-corrected chi connectivity index (χ0v) is 14.6. The summed E-state index contributed by atoms with van der Waals surface area (Å²) in [6.45, 7) is 4.70. The van der Waals surface area contributed by atoms with Crippen LogP contribution in [0, 0.1) is 5.92 Å². The third-order valence-corrected chi connectivity index (χ3v) is 4.65. The second-order valence-electron chi connectivity index (χ2n) is 6.37. The van der Waals surface area contributed by atoms with Gasteiger partial charge in [0.1, 0.15) is 0 Å². The van der Waals surface area contributed by atoms with Gasteiger partial charge in [-0.15, -0.1) is 10.2 Å². The second kappa shape index (κ2) is 7.33. The lowest BCUT2D eigenvalue weighted by molar-refractivity contribution is -0.149. The van der Waals surface area contributed by atoms with E-state index < -0.39 is 0 Å².